The molecular weight excluding hydrogens is 230 g/mol. The van der Waals surface area contributed by atoms with Crippen molar-refractivity contribution in [1.82, 2.24) is 19.8 Å². The molecule has 1 aromatic rings. The Labute approximate surface area is 107 Å². The topological polar surface area (TPSA) is 62.2 Å². The number of nitrogens with one attached hydrogen (secondary N) is 2. The van der Waals surface area contributed by atoms with Crippen LogP contribution in [0.5, 0.6) is 0 Å². The molecular formula is C12H19N5O. The summed E-state index contributed by atoms with van der Waals surface area (Å²) in [6, 6.07) is 0. The van der Waals surface area contributed by atoms with Crippen LogP contribution < -0.4 is 10.6 Å². The monoisotopic (exact) mass is 249 g/mol. The van der Waals surface area contributed by atoms with Crippen LogP contribution in [0.15, 0.2) is 0 Å². The molecule has 0 fully saturated rings. The first-order valence-electron chi connectivity index (χ1n) is 5.61. The standard InChI is InChI=1S/C12H19N5O/c1-13-11-10(12(18)14-2)17(5)9(15-11)7-6-8-16(3)4/h13H,8H2,1-5H3,(H,14,18). The second-order valence-electron chi connectivity index (χ2n) is 4.06. The van der Waals surface area contributed by atoms with Crippen LogP contribution in [-0.4, -0.2) is 55.1 Å². The molecule has 0 unspecified atom stereocenters. The van der Waals surface area contributed by atoms with Crippen molar-refractivity contribution >= 4 is 11.7 Å². The first kappa shape index (κ1) is 14.1. The highest BCUT2D eigenvalue weighted by Crippen LogP contribution is 2.14. The lowest BCUT2D eigenvalue weighted by atomic mass is 10.4. The molecule has 6 heteroatoms. The summed E-state index contributed by atoms with van der Waals surface area (Å²) in [5.74, 6) is 6.87. The zero-order chi connectivity index (χ0) is 13.7. The van der Waals surface area contributed by atoms with E-state index in [0.29, 0.717) is 23.9 Å². The highest BCUT2D eigenvalue weighted by atomic mass is 16.1. The van der Waals surface area contributed by atoms with Crippen LogP contribution in [0, 0.1) is 11.8 Å². The third kappa shape index (κ3) is 3.02. The van der Waals surface area contributed by atoms with Crippen LogP contribution in [0.1, 0.15) is 16.3 Å². The Morgan fingerprint density at radius 2 is 2.11 bits per heavy atom. The van der Waals surface area contributed by atoms with Gasteiger partial charge in [-0.3, -0.25) is 9.69 Å². The number of hydrogen-bond acceptors (Lipinski definition) is 4. The Hall–Kier alpha value is -2.00. The van der Waals surface area contributed by atoms with Crippen molar-refractivity contribution < 1.29 is 4.79 Å². The minimum absolute atomic E-state index is 0.185. The molecule has 1 aromatic heterocycles. The lowest BCUT2D eigenvalue weighted by Crippen LogP contribution is -2.22. The predicted octanol–water partition coefficient (Wildman–Crippen LogP) is -0.265. The minimum Gasteiger partial charge on any atom is -0.371 e. The van der Waals surface area contributed by atoms with Crippen molar-refractivity contribution in [3.63, 3.8) is 0 Å². The van der Waals surface area contributed by atoms with Crippen LogP contribution in [-0.2, 0) is 7.05 Å². The van der Waals surface area contributed by atoms with Crippen molar-refractivity contribution in [2.24, 2.45) is 7.05 Å². The van der Waals surface area contributed by atoms with Gasteiger partial charge in [-0.1, -0.05) is 5.92 Å². The van der Waals surface area contributed by atoms with Gasteiger partial charge in [-0.25, -0.2) is 4.98 Å². The quantitative estimate of drug-likeness (QED) is 0.724. The number of imidazole rings is 1. The van der Waals surface area contributed by atoms with Gasteiger partial charge in [0.1, 0.15) is 0 Å². The molecule has 0 saturated carbocycles. The molecule has 0 aromatic carbocycles. The zero-order valence-corrected chi connectivity index (χ0v) is 11.5. The Morgan fingerprint density at radius 1 is 1.44 bits per heavy atom. The predicted molar refractivity (Wildman–Crippen MR) is 71.6 cm³/mol. The van der Waals surface area contributed by atoms with Gasteiger partial charge in [0.15, 0.2) is 17.3 Å². The second kappa shape index (κ2) is 6.07. The van der Waals surface area contributed by atoms with Gasteiger partial charge in [-0.2, -0.15) is 0 Å². The largest absolute Gasteiger partial charge is 0.371 e. The van der Waals surface area contributed by atoms with E-state index in [0.717, 1.165) is 0 Å². The summed E-state index contributed by atoms with van der Waals surface area (Å²) < 4.78 is 1.69. The van der Waals surface area contributed by atoms with Gasteiger partial charge in [0.2, 0.25) is 0 Å². The Balaban J connectivity index is 3.11. The number of aromatic nitrogens is 2. The van der Waals surface area contributed by atoms with Gasteiger partial charge in [0.25, 0.3) is 5.91 Å². The molecule has 98 valence electrons. The van der Waals surface area contributed by atoms with Gasteiger partial charge in [0.05, 0.1) is 6.54 Å². The zero-order valence-electron chi connectivity index (χ0n) is 11.5. The summed E-state index contributed by atoms with van der Waals surface area (Å²) in [4.78, 5) is 18.0. The van der Waals surface area contributed by atoms with E-state index in [1.165, 1.54) is 0 Å². The molecule has 1 amide bonds. The van der Waals surface area contributed by atoms with E-state index in [-0.39, 0.29) is 5.91 Å². The number of anilines is 1. The van der Waals surface area contributed by atoms with E-state index >= 15 is 0 Å². The van der Waals surface area contributed by atoms with Gasteiger partial charge in [0, 0.05) is 21.1 Å². The fourth-order valence-electron chi connectivity index (χ4n) is 1.44. The highest BCUT2D eigenvalue weighted by molar-refractivity contribution is 5.97. The molecule has 0 radical (unpaired) electrons. The fourth-order valence-corrected chi connectivity index (χ4v) is 1.44. The SMILES string of the molecule is CNC(=O)c1c(NC)nc(C#CCN(C)C)n1C. The van der Waals surface area contributed by atoms with Crippen molar-refractivity contribution in [2.45, 2.75) is 0 Å². The van der Waals surface area contributed by atoms with Crippen LogP contribution in [0.4, 0.5) is 5.82 Å². The summed E-state index contributed by atoms with van der Waals surface area (Å²) in [5, 5.41) is 5.49. The molecule has 0 spiro atoms. The number of rotatable bonds is 3. The summed E-state index contributed by atoms with van der Waals surface area (Å²) in [7, 11) is 8.99. The van der Waals surface area contributed by atoms with Crippen LogP contribution in [0.2, 0.25) is 0 Å². The number of nitrogens with zero attached hydrogens (tertiary/aromatic N) is 3. The summed E-state index contributed by atoms with van der Waals surface area (Å²) in [6.07, 6.45) is 0. The number of hydrogen-bond donors (Lipinski definition) is 2. The van der Waals surface area contributed by atoms with E-state index in [1.807, 2.05) is 19.0 Å². The molecule has 2 N–H and O–H groups in total. The van der Waals surface area contributed by atoms with Crippen LogP contribution >= 0.6 is 0 Å². The smallest absolute Gasteiger partial charge is 0.271 e. The molecule has 0 saturated heterocycles. The van der Waals surface area contributed by atoms with Crippen molar-refractivity contribution in [3.8, 4) is 11.8 Å². The molecule has 6 nitrogen and oxygen atoms in total. The van der Waals surface area contributed by atoms with Crippen LogP contribution in [0.25, 0.3) is 0 Å². The summed E-state index contributed by atoms with van der Waals surface area (Å²) >= 11 is 0. The van der Waals surface area contributed by atoms with E-state index in [1.54, 1.807) is 25.7 Å². The highest BCUT2D eigenvalue weighted by Gasteiger charge is 2.18. The average Bonchev–Trinajstić information content (AvgIpc) is 2.65. The first-order valence-corrected chi connectivity index (χ1v) is 5.61. The molecule has 0 aliphatic carbocycles. The fraction of sp³-hybridized carbons (Fsp3) is 0.500. The lowest BCUT2D eigenvalue weighted by molar-refractivity contribution is 0.0956. The third-order valence-corrected chi connectivity index (χ3v) is 2.37. The van der Waals surface area contributed by atoms with E-state index < -0.39 is 0 Å². The van der Waals surface area contributed by atoms with Crippen molar-refractivity contribution in [3.05, 3.63) is 11.5 Å². The summed E-state index contributed by atoms with van der Waals surface area (Å²) in [5.41, 5.74) is 0.481. The van der Waals surface area contributed by atoms with Crippen molar-refractivity contribution in [2.75, 3.05) is 40.1 Å². The minimum atomic E-state index is -0.185. The normalized spacial score (nSPS) is 9.89. The maximum absolute atomic E-state index is 11.7. The number of amides is 1. The number of carbonyl (C=O) groups is 1. The first-order chi connectivity index (χ1) is 8.51. The molecule has 0 atom stereocenters. The molecule has 1 rings (SSSR count). The van der Waals surface area contributed by atoms with Crippen molar-refractivity contribution in [1.29, 1.82) is 0 Å². The van der Waals surface area contributed by atoms with E-state index in [2.05, 4.69) is 27.5 Å². The van der Waals surface area contributed by atoms with E-state index in [4.69, 9.17) is 0 Å². The Morgan fingerprint density at radius 3 is 2.61 bits per heavy atom. The molecule has 0 bridgehead atoms. The molecule has 18 heavy (non-hydrogen) atoms. The Bertz CT molecular complexity index is 493. The summed E-state index contributed by atoms with van der Waals surface area (Å²) in [6.45, 7) is 0.650. The van der Waals surface area contributed by atoms with Crippen LogP contribution in [0.3, 0.4) is 0 Å². The number of carbonyl (C=O) groups excluding carboxylic acids is 1. The molecule has 0 aliphatic rings. The maximum atomic E-state index is 11.7. The van der Waals surface area contributed by atoms with Gasteiger partial charge in [-0.05, 0) is 20.0 Å². The van der Waals surface area contributed by atoms with Gasteiger partial charge in [-0.15, -0.1) is 0 Å². The third-order valence-electron chi connectivity index (χ3n) is 2.37. The maximum Gasteiger partial charge on any atom is 0.271 e. The molecule has 0 aliphatic heterocycles. The molecule has 1 heterocycles. The Kier molecular flexibility index (Phi) is 4.75. The van der Waals surface area contributed by atoms with E-state index in [9.17, 15) is 4.79 Å². The lowest BCUT2D eigenvalue weighted by Gasteiger charge is -2.03. The second-order valence-corrected chi connectivity index (χ2v) is 4.06. The average molecular weight is 249 g/mol. The van der Waals surface area contributed by atoms with Gasteiger partial charge < -0.3 is 15.2 Å². The van der Waals surface area contributed by atoms with Gasteiger partial charge >= 0.3 is 0 Å².